The van der Waals surface area contributed by atoms with Crippen molar-refractivity contribution in [2.75, 3.05) is 20.0 Å². The van der Waals surface area contributed by atoms with Gasteiger partial charge in [0.05, 0.1) is 20.8 Å². The Morgan fingerprint density at radius 3 is 2.70 bits per heavy atom. The van der Waals surface area contributed by atoms with Crippen molar-refractivity contribution in [2.45, 2.75) is 6.54 Å². The minimum absolute atomic E-state index is 0.0579. The van der Waals surface area contributed by atoms with E-state index >= 15 is 0 Å². The van der Waals surface area contributed by atoms with Crippen molar-refractivity contribution in [3.8, 4) is 17.6 Å². The van der Waals surface area contributed by atoms with Crippen LogP contribution in [0.3, 0.4) is 0 Å². The van der Waals surface area contributed by atoms with Crippen LogP contribution in [0.1, 0.15) is 11.3 Å². The van der Waals surface area contributed by atoms with Gasteiger partial charge in [-0.15, -0.1) is 0 Å². The SMILES string of the molecule is COc1ccc(C[15n]2c(N)c(C#N)[nH]c2=O)c(OC)c1. The second-order valence-electron chi connectivity index (χ2n) is 4.07. The van der Waals surface area contributed by atoms with Crippen LogP contribution in [0.4, 0.5) is 5.82 Å². The molecular formula is C13H14N4O3. The maximum absolute atomic E-state index is 11.8. The predicted molar refractivity (Wildman–Crippen MR) is 72.8 cm³/mol. The summed E-state index contributed by atoms with van der Waals surface area (Å²) in [7, 11) is 3.09. The fourth-order valence-electron chi connectivity index (χ4n) is 1.88. The standard InChI is InChI=1S/C13H14N4O3/c1-19-9-4-3-8(11(5-9)20-2)7-17-12(15)10(6-14)16-13(17)18/h3-5H,7,15H2,1-2H3,(H,16,18)/i17+1. The monoisotopic (exact) mass is 275 g/mol. The Labute approximate surface area is 115 Å². The van der Waals surface area contributed by atoms with Crippen LogP contribution in [-0.2, 0) is 6.54 Å². The van der Waals surface area contributed by atoms with Crippen LogP contribution in [0.15, 0.2) is 23.0 Å². The van der Waals surface area contributed by atoms with Crippen LogP contribution >= 0.6 is 0 Å². The summed E-state index contributed by atoms with van der Waals surface area (Å²) in [5.74, 6) is 1.34. The number of nitriles is 1. The van der Waals surface area contributed by atoms with Crippen LogP contribution in [0, 0.1) is 11.3 Å². The van der Waals surface area contributed by atoms with Gasteiger partial charge in [0.1, 0.15) is 23.4 Å². The number of nitrogens with zero attached hydrogens (tertiary/aromatic N) is 2. The van der Waals surface area contributed by atoms with Gasteiger partial charge in [0.25, 0.3) is 0 Å². The second-order valence-corrected chi connectivity index (χ2v) is 4.07. The zero-order valence-corrected chi connectivity index (χ0v) is 11.1. The Hall–Kier alpha value is -2.88. The molecule has 0 bridgehead atoms. The first-order valence-corrected chi connectivity index (χ1v) is 5.80. The van der Waals surface area contributed by atoms with Crippen molar-refractivity contribution in [1.82, 2.24) is 9.55 Å². The van der Waals surface area contributed by atoms with Crippen LogP contribution in [-0.4, -0.2) is 23.8 Å². The third-order valence-electron chi connectivity index (χ3n) is 2.96. The average Bonchev–Trinajstić information content (AvgIpc) is 2.74. The number of hydrogen-bond donors (Lipinski definition) is 2. The highest BCUT2D eigenvalue weighted by Gasteiger charge is 2.13. The van der Waals surface area contributed by atoms with E-state index in [0.717, 1.165) is 5.56 Å². The smallest absolute Gasteiger partial charge is 0.328 e. The van der Waals surface area contributed by atoms with Crippen LogP contribution < -0.4 is 20.9 Å². The number of nitrogen functional groups attached to an aromatic ring is 1. The zero-order chi connectivity index (χ0) is 14.7. The maximum Gasteiger partial charge on any atom is 0.328 e. The molecule has 1 aromatic carbocycles. The molecule has 1 heterocycles. The molecule has 0 saturated heterocycles. The number of aromatic nitrogens is 2. The first-order chi connectivity index (χ1) is 9.60. The number of nitrogens with one attached hydrogen (secondary N) is 1. The molecular weight excluding hydrogens is 261 g/mol. The van der Waals surface area contributed by atoms with Gasteiger partial charge in [0.2, 0.25) is 0 Å². The zero-order valence-electron chi connectivity index (χ0n) is 11.1. The molecule has 104 valence electrons. The average molecular weight is 275 g/mol. The molecule has 0 spiro atoms. The number of rotatable bonds is 4. The molecule has 20 heavy (non-hydrogen) atoms. The van der Waals surface area contributed by atoms with Gasteiger partial charge in [-0.05, 0) is 12.1 Å². The van der Waals surface area contributed by atoms with E-state index < -0.39 is 5.69 Å². The number of aromatic amines is 1. The van der Waals surface area contributed by atoms with Gasteiger partial charge in [0, 0.05) is 11.6 Å². The molecule has 0 atom stereocenters. The first-order valence-electron chi connectivity index (χ1n) is 5.80. The fourth-order valence-corrected chi connectivity index (χ4v) is 1.88. The number of hydrogen-bond acceptors (Lipinski definition) is 5. The number of benzene rings is 1. The third-order valence-corrected chi connectivity index (χ3v) is 2.96. The summed E-state index contributed by atoms with van der Waals surface area (Å²) in [6, 6.07) is 7.09. The van der Waals surface area contributed by atoms with E-state index in [1.807, 2.05) is 6.07 Å². The molecule has 7 nitrogen and oxygen atoms in total. The van der Waals surface area contributed by atoms with Gasteiger partial charge in [-0.3, -0.25) is 9.55 Å². The van der Waals surface area contributed by atoms with Gasteiger partial charge in [-0.2, -0.15) is 5.26 Å². The van der Waals surface area contributed by atoms with Crippen LogP contribution in [0.2, 0.25) is 0 Å². The molecule has 0 radical (unpaired) electrons. The summed E-state index contributed by atoms with van der Waals surface area (Å²) >= 11 is 0. The number of imidazole rings is 1. The summed E-state index contributed by atoms with van der Waals surface area (Å²) < 4.78 is 11.7. The summed E-state index contributed by atoms with van der Waals surface area (Å²) in [6.07, 6.45) is 0. The Morgan fingerprint density at radius 2 is 2.15 bits per heavy atom. The summed E-state index contributed by atoms with van der Waals surface area (Å²) in [5, 5.41) is 8.84. The molecule has 7 heteroatoms. The van der Waals surface area contributed by atoms with E-state index in [-0.39, 0.29) is 18.1 Å². The van der Waals surface area contributed by atoms with E-state index in [1.165, 1.54) is 11.7 Å². The van der Waals surface area contributed by atoms with Crippen LogP contribution in [0.5, 0.6) is 11.5 Å². The molecule has 0 saturated carbocycles. The molecule has 0 aliphatic heterocycles. The Morgan fingerprint density at radius 1 is 1.40 bits per heavy atom. The van der Waals surface area contributed by atoms with Crippen molar-refractivity contribution in [1.29, 1.82) is 5.26 Å². The summed E-state index contributed by atoms with van der Waals surface area (Å²) in [4.78, 5) is 14.2. The number of nitrogens with two attached hydrogens (primary N) is 1. The van der Waals surface area contributed by atoms with E-state index in [1.54, 1.807) is 25.3 Å². The van der Waals surface area contributed by atoms with Crippen molar-refractivity contribution in [2.24, 2.45) is 0 Å². The number of methoxy groups -OCH3 is 2. The predicted octanol–water partition coefficient (Wildman–Crippen LogP) is 0.696. The fraction of sp³-hybridized carbons (Fsp3) is 0.231. The number of ether oxygens (including phenoxy) is 2. The van der Waals surface area contributed by atoms with E-state index in [0.29, 0.717) is 11.5 Å². The van der Waals surface area contributed by atoms with E-state index in [2.05, 4.69) is 4.98 Å². The molecule has 2 rings (SSSR count). The highest BCUT2D eigenvalue weighted by Crippen LogP contribution is 2.25. The molecule has 2 aromatic rings. The third kappa shape index (κ3) is 2.31. The lowest BCUT2D eigenvalue weighted by Gasteiger charge is -2.11. The van der Waals surface area contributed by atoms with Gasteiger partial charge in [0.15, 0.2) is 5.69 Å². The van der Waals surface area contributed by atoms with Gasteiger partial charge >= 0.3 is 5.69 Å². The molecule has 1 aromatic heterocycles. The number of H-pyrrole nitrogens is 1. The van der Waals surface area contributed by atoms with E-state index in [9.17, 15) is 4.79 Å². The van der Waals surface area contributed by atoms with Crippen molar-refractivity contribution in [3.63, 3.8) is 0 Å². The normalized spacial score (nSPS) is 10.1. The molecule has 0 unspecified atom stereocenters. The lowest BCUT2D eigenvalue weighted by atomic mass is 10.2. The minimum Gasteiger partial charge on any atom is -0.497 e. The molecule has 0 aliphatic rings. The largest absolute Gasteiger partial charge is 0.497 e. The van der Waals surface area contributed by atoms with Crippen molar-refractivity contribution >= 4 is 5.82 Å². The highest BCUT2D eigenvalue weighted by atomic mass is 16.5. The van der Waals surface area contributed by atoms with Gasteiger partial charge in [-0.25, -0.2) is 4.79 Å². The van der Waals surface area contributed by atoms with Crippen molar-refractivity contribution < 1.29 is 9.47 Å². The minimum atomic E-state index is -0.433. The Bertz CT molecular complexity index is 724. The van der Waals surface area contributed by atoms with Gasteiger partial charge < -0.3 is 15.2 Å². The molecule has 0 amide bonds. The Kier molecular flexibility index (Phi) is 3.66. The Balaban J connectivity index is 2.43. The van der Waals surface area contributed by atoms with Crippen molar-refractivity contribution in [3.05, 3.63) is 39.9 Å². The number of anilines is 1. The van der Waals surface area contributed by atoms with Gasteiger partial charge in [-0.1, -0.05) is 0 Å². The molecule has 3 N–H and O–H groups in total. The topological polar surface area (TPSA) is 106 Å². The quantitative estimate of drug-likeness (QED) is 0.854. The summed E-state index contributed by atoms with van der Waals surface area (Å²) in [6.45, 7) is 0.204. The first kappa shape index (κ1) is 13.5. The maximum atomic E-state index is 11.8. The second kappa shape index (κ2) is 5.40. The van der Waals surface area contributed by atoms with Crippen LogP contribution in [0.25, 0.3) is 0 Å². The lowest BCUT2D eigenvalue weighted by molar-refractivity contribution is 0.390. The molecule has 0 aliphatic carbocycles. The summed E-state index contributed by atoms with van der Waals surface area (Å²) in [5.41, 5.74) is 6.13. The molecule has 0 fully saturated rings. The highest BCUT2D eigenvalue weighted by molar-refractivity contribution is 5.46. The lowest BCUT2D eigenvalue weighted by Crippen LogP contribution is -2.19. The van der Waals surface area contributed by atoms with E-state index in [4.69, 9.17) is 20.5 Å².